The van der Waals surface area contributed by atoms with Crippen LogP contribution in [-0.4, -0.2) is 12.2 Å². The molecule has 18 heavy (non-hydrogen) atoms. The van der Waals surface area contributed by atoms with Gasteiger partial charge in [0, 0.05) is 13.0 Å². The topological polar surface area (TPSA) is 38.1 Å². The summed E-state index contributed by atoms with van der Waals surface area (Å²) < 4.78 is 5.11. The minimum Gasteiger partial charge on any atom is -0.384 e. The molecule has 0 spiro atoms. The van der Waals surface area contributed by atoms with Crippen LogP contribution in [0.15, 0.2) is 29.0 Å². The van der Waals surface area contributed by atoms with Crippen molar-refractivity contribution in [2.45, 2.75) is 32.1 Å². The number of rotatable bonds is 2. The number of aryl methyl sites for hydroxylation is 1. The van der Waals surface area contributed by atoms with Crippen LogP contribution in [0, 0.1) is 6.92 Å². The van der Waals surface area contributed by atoms with Crippen LogP contribution < -0.4 is 5.32 Å². The van der Waals surface area contributed by atoms with E-state index in [1.165, 1.54) is 16.7 Å². The Morgan fingerprint density at radius 3 is 2.94 bits per heavy atom. The Bertz CT molecular complexity index is 574. The first kappa shape index (κ1) is 11.3. The highest BCUT2D eigenvalue weighted by atomic mass is 16.5. The van der Waals surface area contributed by atoms with Crippen LogP contribution in [0.4, 0.5) is 5.69 Å². The van der Waals surface area contributed by atoms with E-state index in [0.29, 0.717) is 11.8 Å². The van der Waals surface area contributed by atoms with Crippen molar-refractivity contribution in [1.82, 2.24) is 5.16 Å². The number of nitrogens with one attached hydrogen (secondary N) is 1. The molecule has 1 aliphatic rings. The van der Waals surface area contributed by atoms with Gasteiger partial charge in [0.25, 0.3) is 0 Å². The molecule has 94 valence electrons. The van der Waals surface area contributed by atoms with Gasteiger partial charge in [0.2, 0.25) is 0 Å². The van der Waals surface area contributed by atoms with E-state index in [-0.39, 0.29) is 0 Å². The summed E-state index contributed by atoms with van der Waals surface area (Å²) in [5.41, 5.74) is 6.40. The van der Waals surface area contributed by atoms with E-state index in [1.807, 2.05) is 7.05 Å². The molecule has 0 amide bonds. The largest absolute Gasteiger partial charge is 0.384 e. The van der Waals surface area contributed by atoms with Gasteiger partial charge in [-0.25, -0.2) is 0 Å². The van der Waals surface area contributed by atoms with Gasteiger partial charge in [-0.3, -0.25) is 0 Å². The van der Waals surface area contributed by atoms with Crippen molar-refractivity contribution in [2.75, 3.05) is 12.4 Å². The lowest BCUT2D eigenvalue weighted by molar-refractivity contribution is 0.401. The van der Waals surface area contributed by atoms with Gasteiger partial charge in [-0.15, -0.1) is 0 Å². The molecule has 0 saturated heterocycles. The van der Waals surface area contributed by atoms with Gasteiger partial charge >= 0.3 is 0 Å². The fraction of sp³-hybridized carbons (Fsp3) is 0.400. The number of hydrogen-bond acceptors (Lipinski definition) is 3. The van der Waals surface area contributed by atoms with Crippen molar-refractivity contribution in [2.24, 2.45) is 0 Å². The summed E-state index contributed by atoms with van der Waals surface area (Å²) in [6, 6.07) is 6.58. The fourth-order valence-electron chi connectivity index (χ4n) is 3.08. The second-order valence-corrected chi connectivity index (χ2v) is 5.11. The van der Waals surface area contributed by atoms with Gasteiger partial charge in [0.15, 0.2) is 0 Å². The molecule has 0 saturated carbocycles. The van der Waals surface area contributed by atoms with Gasteiger partial charge in [-0.05, 0) is 36.0 Å². The van der Waals surface area contributed by atoms with E-state index in [9.17, 15) is 0 Å². The van der Waals surface area contributed by atoms with E-state index < -0.39 is 0 Å². The molecule has 1 aromatic heterocycles. The zero-order chi connectivity index (χ0) is 12.7. The Kier molecular flexibility index (Phi) is 2.62. The summed E-state index contributed by atoms with van der Waals surface area (Å²) in [7, 11) is 1.91. The average molecular weight is 242 g/mol. The third-order valence-corrected chi connectivity index (χ3v) is 4.18. The molecule has 0 bridgehead atoms. The molecule has 3 rings (SSSR count). The number of hydrogen-bond donors (Lipinski definition) is 1. The smallest absolute Gasteiger partial charge is 0.147 e. The second-order valence-electron chi connectivity index (χ2n) is 5.11. The Morgan fingerprint density at radius 2 is 2.22 bits per heavy atom. The van der Waals surface area contributed by atoms with E-state index in [2.05, 4.69) is 42.5 Å². The third kappa shape index (κ3) is 1.54. The first-order valence-electron chi connectivity index (χ1n) is 6.42. The highest BCUT2D eigenvalue weighted by Gasteiger charge is 2.34. The van der Waals surface area contributed by atoms with Crippen molar-refractivity contribution in [3.8, 4) is 0 Å². The molecule has 3 nitrogen and oxygen atoms in total. The predicted molar refractivity (Wildman–Crippen MR) is 72.1 cm³/mol. The van der Waals surface area contributed by atoms with E-state index in [0.717, 1.165) is 17.8 Å². The molecule has 0 fully saturated rings. The van der Waals surface area contributed by atoms with Crippen molar-refractivity contribution in [3.63, 3.8) is 0 Å². The number of aromatic nitrogens is 1. The summed E-state index contributed by atoms with van der Waals surface area (Å²) in [4.78, 5) is 0. The van der Waals surface area contributed by atoms with Gasteiger partial charge in [0.1, 0.15) is 12.0 Å². The van der Waals surface area contributed by atoms with Gasteiger partial charge in [-0.1, -0.05) is 30.3 Å². The molecule has 2 atom stereocenters. The van der Waals surface area contributed by atoms with Crippen LogP contribution >= 0.6 is 0 Å². The molecule has 3 heteroatoms. The SMILES string of the molecule is CNc1conc1C1Cc2c(C)cccc2C1C. The Balaban J connectivity index is 2.02. The van der Waals surface area contributed by atoms with E-state index >= 15 is 0 Å². The van der Waals surface area contributed by atoms with Crippen molar-refractivity contribution < 1.29 is 4.52 Å². The predicted octanol–water partition coefficient (Wildman–Crippen LogP) is 3.47. The number of benzene rings is 1. The molecule has 1 aromatic carbocycles. The minimum absolute atomic E-state index is 0.419. The van der Waals surface area contributed by atoms with Crippen LogP contribution in [0.5, 0.6) is 0 Å². The summed E-state index contributed by atoms with van der Waals surface area (Å²) >= 11 is 0. The number of anilines is 1. The highest BCUT2D eigenvalue weighted by Crippen LogP contribution is 2.45. The maximum atomic E-state index is 5.11. The molecule has 2 aromatic rings. The van der Waals surface area contributed by atoms with Crippen molar-refractivity contribution in [3.05, 3.63) is 46.8 Å². The molecule has 1 N–H and O–H groups in total. The Morgan fingerprint density at radius 1 is 1.39 bits per heavy atom. The van der Waals surface area contributed by atoms with Crippen LogP contribution in [0.2, 0.25) is 0 Å². The maximum absolute atomic E-state index is 5.11. The zero-order valence-electron chi connectivity index (χ0n) is 11.0. The van der Waals surface area contributed by atoms with Gasteiger partial charge < -0.3 is 9.84 Å². The third-order valence-electron chi connectivity index (χ3n) is 4.18. The van der Waals surface area contributed by atoms with Crippen LogP contribution in [0.3, 0.4) is 0 Å². The number of nitrogens with zero attached hydrogens (tertiary/aromatic N) is 1. The second kappa shape index (κ2) is 4.16. The molecule has 1 aliphatic carbocycles. The van der Waals surface area contributed by atoms with E-state index in [1.54, 1.807) is 6.26 Å². The Labute approximate surface area is 107 Å². The molecular formula is C15H18N2O. The minimum atomic E-state index is 0.419. The van der Waals surface area contributed by atoms with Crippen LogP contribution in [0.1, 0.15) is 41.1 Å². The molecule has 0 aliphatic heterocycles. The first-order chi connectivity index (χ1) is 8.72. The van der Waals surface area contributed by atoms with Gasteiger partial charge in [-0.2, -0.15) is 0 Å². The highest BCUT2D eigenvalue weighted by molar-refractivity contribution is 5.51. The number of fused-ring (bicyclic) bond motifs is 1. The molecular weight excluding hydrogens is 224 g/mol. The lowest BCUT2D eigenvalue weighted by Gasteiger charge is -2.14. The molecule has 2 unspecified atom stereocenters. The summed E-state index contributed by atoms with van der Waals surface area (Å²) in [5.74, 6) is 0.916. The first-order valence-corrected chi connectivity index (χ1v) is 6.42. The summed E-state index contributed by atoms with van der Waals surface area (Å²) in [6.45, 7) is 4.47. The summed E-state index contributed by atoms with van der Waals surface area (Å²) in [6.07, 6.45) is 2.75. The summed E-state index contributed by atoms with van der Waals surface area (Å²) in [5, 5.41) is 7.35. The monoisotopic (exact) mass is 242 g/mol. The van der Waals surface area contributed by atoms with Crippen LogP contribution in [-0.2, 0) is 6.42 Å². The molecule has 1 heterocycles. The fourth-order valence-corrected chi connectivity index (χ4v) is 3.08. The lowest BCUT2D eigenvalue weighted by Crippen LogP contribution is -2.06. The Hall–Kier alpha value is -1.77. The van der Waals surface area contributed by atoms with Crippen molar-refractivity contribution in [1.29, 1.82) is 0 Å². The quantitative estimate of drug-likeness (QED) is 0.876. The van der Waals surface area contributed by atoms with E-state index in [4.69, 9.17) is 4.52 Å². The van der Waals surface area contributed by atoms with Crippen LogP contribution in [0.25, 0.3) is 0 Å². The van der Waals surface area contributed by atoms with Crippen molar-refractivity contribution >= 4 is 5.69 Å². The molecule has 0 radical (unpaired) electrons. The van der Waals surface area contributed by atoms with Gasteiger partial charge in [0.05, 0.1) is 5.69 Å². The standard InChI is InChI=1S/C15H18N2O/c1-9-5-4-6-11-10(2)13(7-12(9)11)15-14(16-3)8-18-17-15/h4-6,8,10,13,16H,7H2,1-3H3. The zero-order valence-corrected chi connectivity index (χ0v) is 11.0. The normalized spacial score (nSPS) is 21.9. The average Bonchev–Trinajstić information content (AvgIpc) is 2.95. The lowest BCUT2D eigenvalue weighted by atomic mass is 9.91. The maximum Gasteiger partial charge on any atom is 0.147 e.